The molecular formula is C16H19N3O3. The maximum Gasteiger partial charge on any atom is 0.407 e. The molecule has 1 aliphatic heterocycles. The molecule has 6 nitrogen and oxygen atoms in total. The third kappa shape index (κ3) is 3.03. The Morgan fingerprint density at radius 2 is 1.91 bits per heavy atom. The minimum atomic E-state index is -0.948. The van der Waals surface area contributed by atoms with Gasteiger partial charge in [0.05, 0.1) is 11.6 Å². The van der Waals surface area contributed by atoms with Crippen molar-refractivity contribution in [2.75, 3.05) is 13.1 Å². The highest BCUT2D eigenvalue weighted by atomic mass is 16.4. The summed E-state index contributed by atoms with van der Waals surface area (Å²) in [6.07, 6.45) is -0.255. The van der Waals surface area contributed by atoms with E-state index in [1.54, 1.807) is 36.1 Å². The number of benzene rings is 1. The van der Waals surface area contributed by atoms with Crippen molar-refractivity contribution in [3.05, 3.63) is 35.4 Å². The molecule has 1 aromatic carbocycles. The van der Waals surface area contributed by atoms with Gasteiger partial charge in [0.15, 0.2) is 0 Å². The molecule has 1 aromatic rings. The van der Waals surface area contributed by atoms with Crippen molar-refractivity contribution < 1.29 is 14.7 Å². The summed E-state index contributed by atoms with van der Waals surface area (Å²) in [5.41, 5.74) is 1.03. The van der Waals surface area contributed by atoms with Gasteiger partial charge in [-0.15, -0.1) is 0 Å². The quantitative estimate of drug-likeness (QED) is 0.907. The van der Waals surface area contributed by atoms with Crippen LogP contribution in [0.2, 0.25) is 0 Å². The van der Waals surface area contributed by atoms with Crippen LogP contribution in [0.4, 0.5) is 4.79 Å². The van der Waals surface area contributed by atoms with Crippen molar-refractivity contribution in [3.63, 3.8) is 0 Å². The average Bonchev–Trinajstić information content (AvgIpc) is 2.53. The van der Waals surface area contributed by atoms with Crippen LogP contribution in [0, 0.1) is 11.3 Å². The van der Waals surface area contributed by atoms with Gasteiger partial charge in [-0.2, -0.15) is 5.26 Å². The Kier molecular flexibility index (Phi) is 4.66. The van der Waals surface area contributed by atoms with E-state index in [1.807, 2.05) is 13.0 Å². The Labute approximate surface area is 129 Å². The summed E-state index contributed by atoms with van der Waals surface area (Å²) in [6, 6.07) is 8.17. The van der Waals surface area contributed by atoms with E-state index in [0.29, 0.717) is 30.6 Å². The van der Waals surface area contributed by atoms with Crippen LogP contribution >= 0.6 is 0 Å². The fraction of sp³-hybridized carbons (Fsp3) is 0.438. The largest absolute Gasteiger partial charge is 0.465 e. The molecule has 0 spiro atoms. The van der Waals surface area contributed by atoms with Crippen LogP contribution in [0.5, 0.6) is 0 Å². The van der Waals surface area contributed by atoms with Crippen LogP contribution in [0.25, 0.3) is 0 Å². The highest BCUT2D eigenvalue weighted by Gasteiger charge is 2.35. The topological polar surface area (TPSA) is 84.6 Å². The first kappa shape index (κ1) is 15.8. The van der Waals surface area contributed by atoms with Crippen LogP contribution in [0.15, 0.2) is 24.3 Å². The monoisotopic (exact) mass is 301 g/mol. The minimum absolute atomic E-state index is 0.117. The predicted octanol–water partition coefficient (Wildman–Crippen LogP) is 2.16. The zero-order chi connectivity index (χ0) is 16.3. The van der Waals surface area contributed by atoms with Gasteiger partial charge in [0.25, 0.3) is 5.91 Å². The third-order valence-electron chi connectivity index (χ3n) is 4.08. The molecule has 0 aromatic heterocycles. The maximum atomic E-state index is 12.7. The van der Waals surface area contributed by atoms with Gasteiger partial charge in [0.2, 0.25) is 0 Å². The molecular weight excluding hydrogens is 282 g/mol. The summed E-state index contributed by atoms with van der Waals surface area (Å²) in [5.74, 6) is -0.117. The normalized spacial score (nSPS) is 21.3. The number of hydrogen-bond donors (Lipinski definition) is 1. The number of hydrogen-bond acceptors (Lipinski definition) is 3. The average molecular weight is 301 g/mol. The van der Waals surface area contributed by atoms with E-state index in [4.69, 9.17) is 5.26 Å². The van der Waals surface area contributed by atoms with Crippen LogP contribution in [0.1, 0.15) is 36.2 Å². The molecule has 0 unspecified atom stereocenters. The number of carbonyl (C=O) groups is 2. The summed E-state index contributed by atoms with van der Waals surface area (Å²) in [5, 5.41) is 18.0. The Morgan fingerprint density at radius 1 is 1.27 bits per heavy atom. The van der Waals surface area contributed by atoms with Crippen molar-refractivity contribution in [3.8, 4) is 6.07 Å². The van der Waals surface area contributed by atoms with Crippen LogP contribution in [-0.4, -0.2) is 52.1 Å². The standard InChI is InChI=1S/C16H19N3O3/c1-3-14-10-18(16(21)22)11(2)9-19(14)15(20)13-6-4-12(8-17)5-7-13/h4-7,11,14H,3,9-10H2,1-2H3,(H,21,22)/t11-,14+/m0/s1. The Morgan fingerprint density at radius 3 is 2.41 bits per heavy atom. The second-order valence-electron chi connectivity index (χ2n) is 5.49. The molecule has 6 heteroatoms. The molecule has 116 valence electrons. The molecule has 1 saturated heterocycles. The fourth-order valence-corrected chi connectivity index (χ4v) is 2.76. The molecule has 1 heterocycles. The summed E-state index contributed by atoms with van der Waals surface area (Å²) in [6.45, 7) is 4.46. The van der Waals surface area contributed by atoms with Crippen molar-refractivity contribution in [1.82, 2.24) is 9.80 Å². The van der Waals surface area contributed by atoms with E-state index in [2.05, 4.69) is 0 Å². The van der Waals surface area contributed by atoms with Crippen molar-refractivity contribution in [1.29, 1.82) is 5.26 Å². The highest BCUT2D eigenvalue weighted by molar-refractivity contribution is 5.94. The maximum absolute atomic E-state index is 12.7. The van der Waals surface area contributed by atoms with E-state index in [9.17, 15) is 14.7 Å². The lowest BCUT2D eigenvalue weighted by atomic mass is 10.0. The van der Waals surface area contributed by atoms with Gasteiger partial charge in [-0.25, -0.2) is 4.79 Å². The minimum Gasteiger partial charge on any atom is -0.465 e. The Bertz CT molecular complexity index is 606. The zero-order valence-electron chi connectivity index (χ0n) is 12.7. The Hall–Kier alpha value is -2.55. The number of nitrogens with zero attached hydrogens (tertiary/aromatic N) is 3. The summed E-state index contributed by atoms with van der Waals surface area (Å²) in [4.78, 5) is 27.0. The number of carboxylic acid groups (broad SMARTS) is 1. The lowest BCUT2D eigenvalue weighted by Crippen LogP contribution is -2.60. The number of piperazine rings is 1. The number of nitriles is 1. The molecule has 2 atom stereocenters. The van der Waals surface area contributed by atoms with Gasteiger partial charge in [-0.3, -0.25) is 4.79 Å². The first-order chi connectivity index (χ1) is 10.5. The molecule has 1 N–H and O–H groups in total. The third-order valence-corrected chi connectivity index (χ3v) is 4.08. The van der Waals surface area contributed by atoms with Gasteiger partial charge in [0, 0.05) is 30.7 Å². The van der Waals surface area contributed by atoms with Crippen molar-refractivity contribution in [2.45, 2.75) is 32.4 Å². The van der Waals surface area contributed by atoms with E-state index in [0.717, 1.165) is 0 Å². The first-order valence-electron chi connectivity index (χ1n) is 7.28. The Balaban J connectivity index is 2.20. The second kappa shape index (κ2) is 6.48. The molecule has 22 heavy (non-hydrogen) atoms. The van der Waals surface area contributed by atoms with E-state index in [1.165, 1.54) is 4.90 Å². The molecule has 1 aliphatic rings. The van der Waals surface area contributed by atoms with Gasteiger partial charge in [0.1, 0.15) is 0 Å². The number of carbonyl (C=O) groups excluding carboxylic acids is 1. The predicted molar refractivity (Wildman–Crippen MR) is 80.5 cm³/mol. The lowest BCUT2D eigenvalue weighted by Gasteiger charge is -2.44. The van der Waals surface area contributed by atoms with Gasteiger partial charge < -0.3 is 14.9 Å². The van der Waals surface area contributed by atoms with E-state index < -0.39 is 6.09 Å². The van der Waals surface area contributed by atoms with Crippen molar-refractivity contribution in [2.24, 2.45) is 0 Å². The molecule has 0 saturated carbocycles. The highest BCUT2D eigenvalue weighted by Crippen LogP contribution is 2.20. The van der Waals surface area contributed by atoms with E-state index >= 15 is 0 Å². The molecule has 0 radical (unpaired) electrons. The van der Waals surface area contributed by atoms with Crippen LogP contribution in [-0.2, 0) is 0 Å². The van der Waals surface area contributed by atoms with E-state index in [-0.39, 0.29) is 18.0 Å². The van der Waals surface area contributed by atoms with Gasteiger partial charge in [-0.1, -0.05) is 6.92 Å². The first-order valence-corrected chi connectivity index (χ1v) is 7.28. The molecule has 2 rings (SSSR count). The molecule has 2 amide bonds. The molecule has 1 fully saturated rings. The molecule has 0 aliphatic carbocycles. The van der Waals surface area contributed by atoms with Gasteiger partial charge in [-0.05, 0) is 37.6 Å². The van der Waals surface area contributed by atoms with Crippen LogP contribution < -0.4 is 0 Å². The molecule has 0 bridgehead atoms. The lowest BCUT2D eigenvalue weighted by molar-refractivity contribution is 0.0282. The van der Waals surface area contributed by atoms with Crippen molar-refractivity contribution >= 4 is 12.0 Å². The zero-order valence-corrected chi connectivity index (χ0v) is 12.7. The summed E-state index contributed by atoms with van der Waals surface area (Å²) < 4.78 is 0. The van der Waals surface area contributed by atoms with Crippen LogP contribution in [0.3, 0.4) is 0 Å². The number of amides is 2. The van der Waals surface area contributed by atoms with Gasteiger partial charge >= 0.3 is 6.09 Å². The fourth-order valence-electron chi connectivity index (χ4n) is 2.76. The number of rotatable bonds is 2. The smallest absolute Gasteiger partial charge is 0.407 e. The summed E-state index contributed by atoms with van der Waals surface area (Å²) >= 11 is 0. The second-order valence-corrected chi connectivity index (χ2v) is 5.49. The summed E-state index contributed by atoms with van der Waals surface area (Å²) in [7, 11) is 0. The SMILES string of the molecule is CC[C@@H]1CN(C(=O)O)[C@@H](C)CN1C(=O)c1ccc(C#N)cc1.